The summed E-state index contributed by atoms with van der Waals surface area (Å²) >= 11 is 0. The largest absolute Gasteiger partial charge is 0.490 e. The van der Waals surface area contributed by atoms with Crippen LogP contribution < -0.4 is 14.8 Å². The molecule has 0 fully saturated rings. The van der Waals surface area contributed by atoms with Crippen LogP contribution in [-0.4, -0.2) is 24.5 Å². The standard InChI is InChI=1S/C16H16N2O5/c1-11-3-6-13(7-4-11)23-10-16(19)17-12-5-8-15(22-2)14(9-12)18(20)21/h3-9H,10H2,1-2H3,(H,17,19). The fourth-order valence-electron chi connectivity index (χ4n) is 1.89. The van der Waals surface area contributed by atoms with Gasteiger partial charge < -0.3 is 14.8 Å². The van der Waals surface area contributed by atoms with Gasteiger partial charge >= 0.3 is 5.69 Å². The van der Waals surface area contributed by atoms with Crippen LogP contribution in [0.25, 0.3) is 0 Å². The Balaban J connectivity index is 1.98. The molecule has 0 unspecified atom stereocenters. The lowest BCUT2D eigenvalue weighted by Gasteiger charge is -2.08. The van der Waals surface area contributed by atoms with E-state index in [1.54, 1.807) is 12.1 Å². The summed E-state index contributed by atoms with van der Waals surface area (Å²) in [6.45, 7) is 1.76. The van der Waals surface area contributed by atoms with Crippen molar-refractivity contribution in [2.24, 2.45) is 0 Å². The molecule has 2 aromatic rings. The van der Waals surface area contributed by atoms with Crippen molar-refractivity contribution in [3.63, 3.8) is 0 Å². The molecule has 23 heavy (non-hydrogen) atoms. The van der Waals surface area contributed by atoms with E-state index in [2.05, 4.69) is 5.32 Å². The second-order valence-electron chi connectivity index (χ2n) is 4.79. The average molecular weight is 316 g/mol. The Morgan fingerprint density at radius 2 is 1.91 bits per heavy atom. The van der Waals surface area contributed by atoms with Crippen molar-refractivity contribution < 1.29 is 19.2 Å². The topological polar surface area (TPSA) is 90.7 Å². The quantitative estimate of drug-likeness (QED) is 0.653. The van der Waals surface area contributed by atoms with Gasteiger partial charge in [-0.05, 0) is 31.2 Å². The predicted molar refractivity (Wildman–Crippen MR) is 85.0 cm³/mol. The minimum atomic E-state index is -0.572. The van der Waals surface area contributed by atoms with Gasteiger partial charge in [-0.1, -0.05) is 17.7 Å². The Hall–Kier alpha value is -3.09. The van der Waals surface area contributed by atoms with E-state index in [1.807, 2.05) is 19.1 Å². The first-order chi connectivity index (χ1) is 11.0. The number of nitro benzene ring substituents is 1. The zero-order valence-electron chi connectivity index (χ0n) is 12.7. The molecule has 0 aliphatic rings. The fourth-order valence-corrected chi connectivity index (χ4v) is 1.89. The highest BCUT2D eigenvalue weighted by Gasteiger charge is 2.16. The van der Waals surface area contributed by atoms with Gasteiger partial charge in [-0.3, -0.25) is 14.9 Å². The zero-order chi connectivity index (χ0) is 16.8. The molecule has 2 rings (SSSR count). The molecule has 1 N–H and O–H groups in total. The van der Waals surface area contributed by atoms with E-state index in [0.717, 1.165) is 5.56 Å². The van der Waals surface area contributed by atoms with Gasteiger partial charge in [0.15, 0.2) is 12.4 Å². The van der Waals surface area contributed by atoms with Gasteiger partial charge in [0, 0.05) is 11.8 Å². The highest BCUT2D eigenvalue weighted by Crippen LogP contribution is 2.29. The minimum absolute atomic E-state index is 0.129. The Morgan fingerprint density at radius 1 is 1.22 bits per heavy atom. The molecule has 0 saturated carbocycles. The summed E-state index contributed by atoms with van der Waals surface area (Å²) in [5, 5.41) is 13.5. The fraction of sp³-hybridized carbons (Fsp3) is 0.188. The maximum Gasteiger partial charge on any atom is 0.312 e. The summed E-state index contributed by atoms with van der Waals surface area (Å²) in [6, 6.07) is 11.5. The van der Waals surface area contributed by atoms with Gasteiger partial charge in [0.05, 0.1) is 12.0 Å². The van der Waals surface area contributed by atoms with Gasteiger partial charge in [0.2, 0.25) is 0 Å². The minimum Gasteiger partial charge on any atom is -0.490 e. The van der Waals surface area contributed by atoms with Crippen molar-refractivity contribution >= 4 is 17.3 Å². The van der Waals surface area contributed by atoms with Gasteiger partial charge in [-0.15, -0.1) is 0 Å². The molecule has 0 bridgehead atoms. The zero-order valence-corrected chi connectivity index (χ0v) is 12.7. The van der Waals surface area contributed by atoms with E-state index in [1.165, 1.54) is 25.3 Å². The Bertz CT molecular complexity index is 713. The number of carbonyl (C=O) groups excluding carboxylic acids is 1. The smallest absolute Gasteiger partial charge is 0.312 e. The highest BCUT2D eigenvalue weighted by atomic mass is 16.6. The number of nitrogens with one attached hydrogen (secondary N) is 1. The molecule has 0 radical (unpaired) electrons. The summed E-state index contributed by atoms with van der Waals surface area (Å²) in [6.07, 6.45) is 0. The lowest BCUT2D eigenvalue weighted by molar-refractivity contribution is -0.385. The first-order valence-corrected chi connectivity index (χ1v) is 6.81. The lowest BCUT2D eigenvalue weighted by Crippen LogP contribution is -2.20. The summed E-state index contributed by atoms with van der Waals surface area (Å²) in [7, 11) is 1.34. The van der Waals surface area contributed by atoms with Crippen LogP contribution in [0.4, 0.5) is 11.4 Å². The third kappa shape index (κ3) is 4.44. The summed E-state index contributed by atoms with van der Waals surface area (Å²) < 4.78 is 10.2. The highest BCUT2D eigenvalue weighted by molar-refractivity contribution is 5.92. The number of nitro groups is 1. The maximum absolute atomic E-state index is 11.9. The number of methoxy groups -OCH3 is 1. The van der Waals surface area contributed by atoms with E-state index in [9.17, 15) is 14.9 Å². The van der Waals surface area contributed by atoms with Crippen LogP contribution in [0.3, 0.4) is 0 Å². The molecular formula is C16H16N2O5. The number of anilines is 1. The van der Waals surface area contributed by atoms with Crippen LogP contribution in [0.15, 0.2) is 42.5 Å². The third-order valence-corrected chi connectivity index (χ3v) is 3.05. The number of amides is 1. The molecule has 0 aromatic heterocycles. The van der Waals surface area contributed by atoms with Crippen LogP contribution in [0.2, 0.25) is 0 Å². The van der Waals surface area contributed by atoms with E-state index >= 15 is 0 Å². The van der Waals surface area contributed by atoms with E-state index in [0.29, 0.717) is 11.4 Å². The molecule has 0 saturated heterocycles. The maximum atomic E-state index is 11.9. The molecule has 0 spiro atoms. The van der Waals surface area contributed by atoms with Crippen molar-refractivity contribution in [3.05, 3.63) is 58.1 Å². The van der Waals surface area contributed by atoms with Crippen molar-refractivity contribution in [2.75, 3.05) is 19.0 Å². The number of ether oxygens (including phenoxy) is 2. The molecule has 120 valence electrons. The SMILES string of the molecule is COc1ccc(NC(=O)COc2ccc(C)cc2)cc1[N+](=O)[O-]. The number of nitrogens with zero attached hydrogens (tertiary/aromatic N) is 1. The van der Waals surface area contributed by atoms with Gasteiger partial charge in [-0.25, -0.2) is 0 Å². The average Bonchev–Trinajstić information content (AvgIpc) is 2.54. The van der Waals surface area contributed by atoms with Crippen molar-refractivity contribution in [2.45, 2.75) is 6.92 Å². The normalized spacial score (nSPS) is 10.0. The molecule has 0 aliphatic heterocycles. The Labute approximate surface area is 133 Å². The number of hydrogen-bond acceptors (Lipinski definition) is 5. The number of hydrogen-bond donors (Lipinski definition) is 1. The second kappa shape index (κ2) is 7.26. The summed E-state index contributed by atoms with van der Waals surface area (Å²) in [4.78, 5) is 22.2. The number of benzene rings is 2. The molecule has 7 nitrogen and oxygen atoms in total. The number of carbonyl (C=O) groups is 1. The van der Waals surface area contributed by atoms with E-state index < -0.39 is 10.8 Å². The Morgan fingerprint density at radius 3 is 2.52 bits per heavy atom. The summed E-state index contributed by atoms with van der Waals surface area (Å²) in [5.41, 5.74) is 1.17. The molecule has 0 heterocycles. The van der Waals surface area contributed by atoms with E-state index in [-0.39, 0.29) is 18.0 Å². The van der Waals surface area contributed by atoms with Gasteiger partial charge in [0.1, 0.15) is 5.75 Å². The first kappa shape index (κ1) is 16.3. The molecule has 0 aliphatic carbocycles. The van der Waals surface area contributed by atoms with Crippen LogP contribution >= 0.6 is 0 Å². The van der Waals surface area contributed by atoms with Crippen LogP contribution in [0.1, 0.15) is 5.56 Å². The Kier molecular flexibility index (Phi) is 5.14. The predicted octanol–water partition coefficient (Wildman–Crippen LogP) is 2.93. The number of rotatable bonds is 6. The lowest BCUT2D eigenvalue weighted by atomic mass is 10.2. The van der Waals surface area contributed by atoms with Crippen LogP contribution in [0.5, 0.6) is 11.5 Å². The van der Waals surface area contributed by atoms with Crippen LogP contribution in [0, 0.1) is 17.0 Å². The third-order valence-electron chi connectivity index (χ3n) is 3.05. The van der Waals surface area contributed by atoms with Gasteiger partial charge in [-0.2, -0.15) is 0 Å². The van der Waals surface area contributed by atoms with Crippen LogP contribution in [-0.2, 0) is 4.79 Å². The first-order valence-electron chi connectivity index (χ1n) is 6.81. The molecule has 2 aromatic carbocycles. The summed E-state index contributed by atoms with van der Waals surface area (Å²) in [5.74, 6) is 0.292. The molecule has 0 atom stereocenters. The second-order valence-corrected chi connectivity index (χ2v) is 4.79. The molecular weight excluding hydrogens is 300 g/mol. The van der Waals surface area contributed by atoms with Crippen molar-refractivity contribution in [3.8, 4) is 11.5 Å². The van der Waals surface area contributed by atoms with Crippen molar-refractivity contribution in [1.29, 1.82) is 0 Å². The monoisotopic (exact) mass is 316 g/mol. The van der Waals surface area contributed by atoms with E-state index in [4.69, 9.17) is 9.47 Å². The number of aryl methyl sites for hydroxylation is 1. The van der Waals surface area contributed by atoms with Gasteiger partial charge in [0.25, 0.3) is 5.91 Å². The molecule has 1 amide bonds. The van der Waals surface area contributed by atoms with Crippen molar-refractivity contribution in [1.82, 2.24) is 0 Å². The molecule has 7 heteroatoms.